The third-order valence-corrected chi connectivity index (χ3v) is 9.30. The average molecular weight is 643 g/mol. The Morgan fingerprint density at radius 2 is 1.64 bits per heavy atom. The first kappa shape index (κ1) is 36.2. The van der Waals surface area contributed by atoms with Gasteiger partial charge in [-0.05, 0) is 43.2 Å². The minimum atomic E-state index is -0.843. The summed E-state index contributed by atoms with van der Waals surface area (Å²) >= 11 is 1.58. The molecule has 45 heavy (non-hydrogen) atoms. The number of nitrogens with one attached hydrogen (secondary N) is 2. The highest BCUT2D eigenvalue weighted by Gasteiger charge is 2.44. The summed E-state index contributed by atoms with van der Waals surface area (Å²) in [6.45, 7) is 9.54. The highest BCUT2D eigenvalue weighted by Crippen LogP contribution is 2.29. The summed E-state index contributed by atoms with van der Waals surface area (Å²) < 4.78 is 4.65. The first-order chi connectivity index (χ1) is 21.3. The number of aliphatic hydroxyl groups is 1. The predicted octanol–water partition coefficient (Wildman–Crippen LogP) is 5.08. The van der Waals surface area contributed by atoms with E-state index in [0.29, 0.717) is 19.3 Å². The Bertz CT molecular complexity index is 1290. The van der Waals surface area contributed by atoms with Crippen LogP contribution in [0.25, 0.3) is 10.4 Å². The number of nitrogens with zero attached hydrogens (tertiary/aromatic N) is 2. The molecule has 3 rings (SSSR count). The van der Waals surface area contributed by atoms with Gasteiger partial charge in [0.2, 0.25) is 17.7 Å². The van der Waals surface area contributed by atoms with Gasteiger partial charge in [-0.2, -0.15) is 0 Å². The van der Waals surface area contributed by atoms with E-state index in [1.807, 2.05) is 64.4 Å². The number of carbonyl (C=O) groups excluding carboxylic acids is 4. The molecule has 248 valence electrons. The lowest BCUT2D eigenvalue weighted by atomic mass is 9.85. The van der Waals surface area contributed by atoms with Crippen LogP contribution in [0.15, 0.2) is 29.8 Å². The van der Waals surface area contributed by atoms with E-state index in [-0.39, 0.29) is 42.7 Å². The van der Waals surface area contributed by atoms with Gasteiger partial charge < -0.3 is 25.4 Å². The molecule has 1 fully saturated rings. The summed E-state index contributed by atoms with van der Waals surface area (Å²) in [5.74, 6) is -1.10. The van der Waals surface area contributed by atoms with E-state index in [2.05, 4.69) is 20.4 Å². The number of carbonyl (C=O) groups is 4. The Morgan fingerprint density at radius 1 is 1.02 bits per heavy atom. The third kappa shape index (κ3) is 10.6. The average Bonchev–Trinajstić information content (AvgIpc) is 3.61. The molecule has 1 aliphatic heterocycles. The maximum Gasteiger partial charge on any atom is 0.305 e. The van der Waals surface area contributed by atoms with Crippen LogP contribution in [0.2, 0.25) is 0 Å². The number of aryl methyl sites for hydroxylation is 1. The maximum atomic E-state index is 13.9. The zero-order chi connectivity index (χ0) is 33.1. The summed E-state index contributed by atoms with van der Waals surface area (Å²) in [4.78, 5) is 58.3. The van der Waals surface area contributed by atoms with Crippen molar-refractivity contribution >= 4 is 35.0 Å². The van der Waals surface area contributed by atoms with Gasteiger partial charge in [-0.25, -0.2) is 4.98 Å². The molecule has 0 saturated carbocycles. The molecule has 1 aromatic carbocycles. The van der Waals surface area contributed by atoms with Crippen LogP contribution < -0.4 is 10.6 Å². The SMILES string of the molecule is COC(=O)CCCCCCCCC(=O)N[C@H](C(=O)N1C[C@H](O)C[C@H]1C(=O)N[C@@H](C)c1ccc(-c2scnc2C)cc1)C(C)(C)C. The van der Waals surface area contributed by atoms with Crippen molar-refractivity contribution in [3.8, 4) is 10.4 Å². The minimum Gasteiger partial charge on any atom is -0.469 e. The molecular weight excluding hydrogens is 592 g/mol. The number of ether oxygens (including phenoxy) is 1. The van der Waals surface area contributed by atoms with Gasteiger partial charge in [0.25, 0.3) is 0 Å². The van der Waals surface area contributed by atoms with Gasteiger partial charge >= 0.3 is 5.97 Å². The van der Waals surface area contributed by atoms with Crippen molar-refractivity contribution in [2.24, 2.45) is 5.41 Å². The molecule has 2 aromatic rings. The Morgan fingerprint density at radius 3 is 2.22 bits per heavy atom. The molecule has 0 unspecified atom stereocenters. The van der Waals surface area contributed by atoms with Crippen molar-refractivity contribution in [1.82, 2.24) is 20.5 Å². The molecule has 0 aliphatic carbocycles. The summed E-state index contributed by atoms with van der Waals surface area (Å²) in [7, 11) is 1.39. The molecule has 3 N–H and O–H groups in total. The predicted molar refractivity (Wildman–Crippen MR) is 175 cm³/mol. The lowest BCUT2D eigenvalue weighted by molar-refractivity contribution is -0.144. The fourth-order valence-electron chi connectivity index (χ4n) is 5.61. The topological polar surface area (TPSA) is 138 Å². The number of benzene rings is 1. The van der Waals surface area contributed by atoms with Crippen LogP contribution in [0.3, 0.4) is 0 Å². The second kappa shape index (κ2) is 16.8. The van der Waals surface area contributed by atoms with Crippen molar-refractivity contribution in [2.45, 2.75) is 117 Å². The van der Waals surface area contributed by atoms with Crippen LogP contribution in [0, 0.1) is 12.3 Å². The minimum absolute atomic E-state index is 0.0344. The maximum absolute atomic E-state index is 13.9. The summed E-state index contributed by atoms with van der Waals surface area (Å²) in [6.07, 6.45) is 5.31. The second-order valence-corrected chi connectivity index (χ2v) is 13.9. The van der Waals surface area contributed by atoms with E-state index in [1.165, 1.54) is 12.0 Å². The van der Waals surface area contributed by atoms with E-state index in [9.17, 15) is 24.3 Å². The normalized spacial score (nSPS) is 17.9. The van der Waals surface area contributed by atoms with Crippen LogP contribution in [0.1, 0.15) is 103 Å². The van der Waals surface area contributed by atoms with E-state index in [0.717, 1.165) is 53.8 Å². The zero-order valence-corrected chi connectivity index (χ0v) is 28.4. The van der Waals surface area contributed by atoms with Crippen molar-refractivity contribution in [3.63, 3.8) is 0 Å². The summed E-state index contributed by atoms with van der Waals surface area (Å²) in [6, 6.07) is 5.98. The molecule has 0 radical (unpaired) electrons. The number of β-amino-alcohol motifs (C(OH)–C–C–N with tert-alkyl or cyclic N) is 1. The van der Waals surface area contributed by atoms with Gasteiger partial charge in [0.15, 0.2) is 0 Å². The van der Waals surface area contributed by atoms with Crippen LogP contribution in [-0.2, 0) is 23.9 Å². The number of esters is 1. The Kier molecular flexibility index (Phi) is 13.5. The number of aromatic nitrogens is 1. The van der Waals surface area contributed by atoms with E-state index in [4.69, 9.17) is 0 Å². The van der Waals surface area contributed by atoms with Crippen LogP contribution >= 0.6 is 11.3 Å². The quantitative estimate of drug-likeness (QED) is 0.182. The highest BCUT2D eigenvalue weighted by molar-refractivity contribution is 7.13. The van der Waals surface area contributed by atoms with Crippen molar-refractivity contribution in [1.29, 1.82) is 0 Å². The number of methoxy groups -OCH3 is 1. The Labute approximate surface area is 271 Å². The van der Waals surface area contributed by atoms with Gasteiger partial charge in [0, 0.05) is 25.8 Å². The van der Waals surface area contributed by atoms with Gasteiger partial charge in [0.1, 0.15) is 12.1 Å². The largest absolute Gasteiger partial charge is 0.469 e. The first-order valence-electron chi connectivity index (χ1n) is 16.0. The number of hydrogen-bond donors (Lipinski definition) is 3. The standard InChI is InChI=1S/C34H50N4O6S/c1-22(24-15-17-25(18-16-24)30-23(2)35-21-45-30)36-32(42)27-19-26(39)20-38(27)33(43)31(34(3,4)5)37-28(40)13-11-9-7-8-10-12-14-29(41)44-6/h15-18,21-22,26-27,31,39H,7-14,19-20H2,1-6H3,(H,36,42)(H,37,40)/t22-,26+,27-,31+/m0/s1. The van der Waals surface area contributed by atoms with E-state index >= 15 is 0 Å². The Balaban J connectivity index is 1.54. The Hall–Kier alpha value is -3.31. The molecule has 0 spiro atoms. The number of thiazole rings is 1. The van der Waals surface area contributed by atoms with Crippen LogP contribution in [-0.4, -0.2) is 70.5 Å². The van der Waals surface area contributed by atoms with Gasteiger partial charge in [-0.3, -0.25) is 19.2 Å². The summed E-state index contributed by atoms with van der Waals surface area (Å²) in [5.41, 5.74) is 4.18. The van der Waals surface area contributed by atoms with E-state index < -0.39 is 23.6 Å². The first-order valence-corrected chi connectivity index (χ1v) is 16.8. The van der Waals surface area contributed by atoms with Gasteiger partial charge in [0.05, 0.1) is 35.3 Å². The number of hydrogen-bond acceptors (Lipinski definition) is 8. The molecule has 1 saturated heterocycles. The van der Waals surface area contributed by atoms with Crippen molar-refractivity contribution < 1.29 is 29.0 Å². The number of amides is 3. The van der Waals surface area contributed by atoms with Crippen LogP contribution in [0.4, 0.5) is 0 Å². The molecule has 4 atom stereocenters. The molecule has 1 aromatic heterocycles. The number of unbranched alkanes of at least 4 members (excludes halogenated alkanes) is 5. The molecular formula is C34H50N4O6S. The van der Waals surface area contributed by atoms with E-state index in [1.54, 1.807) is 11.3 Å². The molecule has 0 bridgehead atoms. The number of rotatable bonds is 15. The molecule has 1 aliphatic rings. The third-order valence-electron chi connectivity index (χ3n) is 8.32. The highest BCUT2D eigenvalue weighted by atomic mass is 32.1. The van der Waals surface area contributed by atoms with Crippen LogP contribution in [0.5, 0.6) is 0 Å². The fourth-order valence-corrected chi connectivity index (χ4v) is 6.42. The fraction of sp³-hybridized carbons (Fsp3) is 0.618. The lowest BCUT2D eigenvalue weighted by Crippen LogP contribution is -2.57. The lowest BCUT2D eigenvalue weighted by Gasteiger charge is -2.35. The number of likely N-dealkylation sites (tertiary alicyclic amines) is 1. The summed E-state index contributed by atoms with van der Waals surface area (Å²) in [5, 5.41) is 16.5. The second-order valence-electron chi connectivity index (χ2n) is 13.1. The zero-order valence-electron chi connectivity index (χ0n) is 27.6. The monoisotopic (exact) mass is 642 g/mol. The smallest absolute Gasteiger partial charge is 0.305 e. The van der Waals surface area contributed by atoms with Crippen molar-refractivity contribution in [2.75, 3.05) is 13.7 Å². The molecule has 10 nitrogen and oxygen atoms in total. The number of aliphatic hydroxyl groups excluding tert-OH is 1. The molecule has 2 heterocycles. The van der Waals surface area contributed by atoms with Crippen molar-refractivity contribution in [3.05, 3.63) is 41.0 Å². The molecule has 11 heteroatoms. The van der Waals surface area contributed by atoms with Gasteiger partial charge in [-0.1, -0.05) is 70.7 Å². The van der Waals surface area contributed by atoms with Gasteiger partial charge in [-0.15, -0.1) is 11.3 Å². The molecule has 3 amide bonds.